The number of carboxylic acids is 1. The molecular weight excluding hydrogens is 707 g/mol. The van der Waals surface area contributed by atoms with Gasteiger partial charge in [-0.25, -0.2) is 9.97 Å². The predicted molar refractivity (Wildman–Crippen MR) is 184 cm³/mol. The number of carbonyl (C=O) groups is 4. The zero-order valence-electron chi connectivity index (χ0n) is 26.6. The maximum absolute atomic E-state index is 11.8. The number of carboxylic acid groups (broad SMARTS) is 1. The van der Waals surface area contributed by atoms with Crippen LogP contribution in [0, 0.1) is 23.7 Å². The molecule has 4 rings (SSSR count). The molecule has 51 heavy (non-hydrogen) atoms. The minimum atomic E-state index is -1.20. The van der Waals surface area contributed by atoms with Gasteiger partial charge >= 0.3 is 11.9 Å². The minimum Gasteiger partial charge on any atom is -0.505 e. The molecule has 0 saturated heterocycles. The lowest BCUT2D eigenvalue weighted by atomic mass is 10.2. The van der Waals surface area contributed by atoms with Gasteiger partial charge in [0.05, 0.1) is 7.11 Å². The number of hydrogen-bond donors (Lipinski definition) is 5. The molecule has 0 aliphatic carbocycles. The van der Waals surface area contributed by atoms with Crippen molar-refractivity contribution in [2.75, 3.05) is 33.4 Å². The highest BCUT2D eigenvalue weighted by Crippen LogP contribution is 2.18. The van der Waals surface area contributed by atoms with Crippen molar-refractivity contribution < 1.29 is 48.7 Å². The van der Waals surface area contributed by atoms with E-state index in [-0.39, 0.29) is 36.9 Å². The van der Waals surface area contributed by atoms with Crippen LogP contribution in [0.4, 0.5) is 0 Å². The van der Waals surface area contributed by atoms with Gasteiger partial charge in [0.2, 0.25) is 0 Å². The Bertz CT molecular complexity index is 1980. The number of ether oxygens (including phenoxy) is 3. The lowest BCUT2D eigenvalue weighted by Crippen LogP contribution is -2.30. The van der Waals surface area contributed by atoms with Gasteiger partial charge in [-0.1, -0.05) is 46.9 Å². The molecule has 0 bridgehead atoms. The third-order valence-corrected chi connectivity index (χ3v) is 6.41. The fraction of sp³-hybridized carbons (Fsp3) is 0.143. The average Bonchev–Trinajstić information content (AvgIpc) is 3.11. The van der Waals surface area contributed by atoms with Crippen molar-refractivity contribution >= 4 is 47.0 Å². The van der Waals surface area contributed by atoms with E-state index in [4.69, 9.17) is 37.8 Å². The van der Waals surface area contributed by atoms with Gasteiger partial charge in [0.25, 0.3) is 11.8 Å². The number of methoxy groups -OCH3 is 1. The summed E-state index contributed by atoms with van der Waals surface area (Å²) in [4.78, 5) is 52.5. The average molecular weight is 736 g/mol. The molecule has 0 aliphatic rings. The van der Waals surface area contributed by atoms with Crippen LogP contribution in [0.5, 0.6) is 23.0 Å². The van der Waals surface area contributed by atoms with Crippen molar-refractivity contribution in [2.45, 2.75) is 0 Å². The first-order valence-electron chi connectivity index (χ1n) is 14.4. The Kier molecular flexibility index (Phi) is 15.4. The largest absolute Gasteiger partial charge is 0.505 e. The first kappa shape index (κ1) is 39.0. The van der Waals surface area contributed by atoms with Crippen LogP contribution < -0.4 is 20.1 Å². The van der Waals surface area contributed by atoms with E-state index in [0.717, 1.165) is 0 Å². The van der Waals surface area contributed by atoms with Crippen molar-refractivity contribution in [3.63, 3.8) is 0 Å². The topological polar surface area (TPSA) is 206 Å². The third kappa shape index (κ3) is 13.9. The number of amides is 2. The van der Waals surface area contributed by atoms with Crippen LogP contribution in [0.25, 0.3) is 0 Å². The number of rotatable bonds is 10. The number of carbonyl (C=O) groups excluding carboxylic acids is 3. The summed E-state index contributed by atoms with van der Waals surface area (Å²) in [6.07, 6.45) is 2.63. The van der Waals surface area contributed by atoms with Gasteiger partial charge in [-0.3, -0.25) is 19.2 Å². The maximum atomic E-state index is 11.8. The molecule has 2 aromatic carbocycles. The van der Waals surface area contributed by atoms with Gasteiger partial charge in [-0.2, -0.15) is 0 Å². The van der Waals surface area contributed by atoms with E-state index in [1.54, 1.807) is 48.5 Å². The smallest absolute Gasteiger partial charge is 0.325 e. The van der Waals surface area contributed by atoms with E-state index >= 15 is 0 Å². The first-order chi connectivity index (χ1) is 24.4. The van der Waals surface area contributed by atoms with Gasteiger partial charge in [0.15, 0.2) is 11.4 Å². The number of hydrogen-bond acceptors (Lipinski definition) is 11. The van der Waals surface area contributed by atoms with Gasteiger partial charge in [0.1, 0.15) is 49.3 Å². The monoisotopic (exact) mass is 734 g/mol. The van der Waals surface area contributed by atoms with Crippen molar-refractivity contribution in [3.8, 4) is 46.7 Å². The van der Waals surface area contributed by atoms with Crippen LogP contribution in [0.1, 0.15) is 32.1 Å². The normalized spacial score (nSPS) is 9.63. The maximum Gasteiger partial charge on any atom is 0.325 e. The highest BCUT2D eigenvalue weighted by atomic mass is 35.5. The molecule has 14 nitrogen and oxygen atoms in total. The summed E-state index contributed by atoms with van der Waals surface area (Å²) >= 11 is 11.5. The number of benzene rings is 2. The lowest BCUT2D eigenvalue weighted by Gasteiger charge is -2.05. The molecular formula is C35H28Cl2N4O10. The Hall–Kier alpha value is -6.48. The van der Waals surface area contributed by atoms with Gasteiger partial charge < -0.3 is 40.2 Å². The fourth-order valence-electron chi connectivity index (χ4n) is 3.52. The standard InChI is InChI=1S/C18H15ClN2O5.C17H13ClN2O5/c1-25-16(23)11-21-18(24)17-15(22)9-12(10-20-17)3-2-8-26-14-6-4-13(19)5-7-14;18-12-3-5-13(6-4-12)25-7-1-2-11-8-14(21)16(19-9-11)17(24)20-10-15(22)23/h4-7,9-10,22H,8,11H2,1H3,(H,21,24);3-6,8-9,21H,7,10H2,(H,20,24)(H,22,23). The molecule has 0 saturated carbocycles. The van der Waals surface area contributed by atoms with E-state index in [1.807, 2.05) is 0 Å². The molecule has 0 fully saturated rings. The summed E-state index contributed by atoms with van der Waals surface area (Å²) in [5, 5.41) is 33.8. The Morgan fingerprint density at radius 2 is 1.12 bits per heavy atom. The van der Waals surface area contributed by atoms with E-state index in [9.17, 15) is 29.4 Å². The number of nitrogens with zero attached hydrogens (tertiary/aromatic N) is 2. The van der Waals surface area contributed by atoms with Crippen molar-refractivity contribution in [1.82, 2.24) is 20.6 Å². The van der Waals surface area contributed by atoms with Crippen LogP contribution in [-0.4, -0.2) is 82.5 Å². The SMILES string of the molecule is COC(=O)CNC(=O)c1ncc(C#CCOc2ccc(Cl)cc2)cc1O.O=C(O)CNC(=O)c1ncc(C#CCOc2ccc(Cl)cc2)cc1O. The number of pyridine rings is 2. The summed E-state index contributed by atoms with van der Waals surface area (Å²) in [7, 11) is 1.20. The molecule has 2 aromatic heterocycles. The lowest BCUT2D eigenvalue weighted by molar-refractivity contribution is -0.139. The fourth-order valence-corrected chi connectivity index (χ4v) is 3.77. The highest BCUT2D eigenvalue weighted by Gasteiger charge is 2.15. The molecule has 5 N–H and O–H groups in total. The summed E-state index contributed by atoms with van der Waals surface area (Å²) in [6.45, 7) is -0.642. The molecule has 0 atom stereocenters. The van der Waals surface area contributed by atoms with Crippen LogP contribution >= 0.6 is 23.2 Å². The molecule has 0 spiro atoms. The van der Waals surface area contributed by atoms with Gasteiger partial charge in [-0.05, 0) is 60.7 Å². The zero-order chi connectivity index (χ0) is 37.2. The van der Waals surface area contributed by atoms with E-state index < -0.39 is 36.0 Å². The second kappa shape index (κ2) is 20.1. The summed E-state index contributed by atoms with van der Waals surface area (Å²) < 4.78 is 15.2. The van der Waals surface area contributed by atoms with Crippen LogP contribution in [-0.2, 0) is 14.3 Å². The molecule has 0 aliphatic heterocycles. The summed E-state index contributed by atoms with van der Waals surface area (Å²) in [6, 6.07) is 16.2. The van der Waals surface area contributed by atoms with Crippen LogP contribution in [0.3, 0.4) is 0 Å². The molecule has 16 heteroatoms. The Morgan fingerprint density at radius 3 is 1.49 bits per heavy atom. The van der Waals surface area contributed by atoms with Crippen molar-refractivity contribution in [1.29, 1.82) is 0 Å². The second-order valence-electron chi connectivity index (χ2n) is 9.61. The minimum absolute atomic E-state index is 0.114. The quantitative estimate of drug-likeness (QED) is 0.117. The predicted octanol–water partition coefficient (Wildman–Crippen LogP) is 3.46. The zero-order valence-corrected chi connectivity index (χ0v) is 28.1. The van der Waals surface area contributed by atoms with E-state index in [1.165, 1.54) is 31.6 Å². The van der Waals surface area contributed by atoms with Gasteiger partial charge in [0, 0.05) is 33.6 Å². The van der Waals surface area contributed by atoms with Gasteiger partial charge in [-0.15, -0.1) is 0 Å². The molecule has 2 heterocycles. The molecule has 0 unspecified atom stereocenters. The summed E-state index contributed by atoms with van der Waals surface area (Å²) in [5.41, 5.74) is 0.305. The van der Waals surface area contributed by atoms with Crippen molar-refractivity contribution in [2.24, 2.45) is 0 Å². The third-order valence-electron chi connectivity index (χ3n) is 5.90. The molecule has 0 radical (unpaired) electrons. The van der Waals surface area contributed by atoms with E-state index in [0.29, 0.717) is 32.7 Å². The number of nitrogens with one attached hydrogen (secondary N) is 2. The van der Waals surface area contributed by atoms with E-state index in [2.05, 4.69) is 49.0 Å². The number of aromatic hydroxyl groups is 2. The second-order valence-corrected chi connectivity index (χ2v) is 10.5. The number of halogens is 2. The number of aromatic nitrogens is 2. The number of esters is 1. The number of aliphatic carboxylic acids is 1. The highest BCUT2D eigenvalue weighted by molar-refractivity contribution is 6.30. The Labute approximate surface area is 301 Å². The molecule has 4 aromatic rings. The van der Waals surface area contributed by atoms with Crippen molar-refractivity contribution in [3.05, 3.63) is 106 Å². The molecule has 262 valence electrons. The van der Waals surface area contributed by atoms with Crippen LogP contribution in [0.2, 0.25) is 10.0 Å². The van der Waals surface area contributed by atoms with Crippen LogP contribution in [0.15, 0.2) is 73.1 Å². The molecule has 2 amide bonds. The Morgan fingerprint density at radius 1 is 0.706 bits per heavy atom. The summed E-state index contributed by atoms with van der Waals surface area (Å²) in [5.74, 6) is 8.22. The first-order valence-corrected chi connectivity index (χ1v) is 15.2. The Balaban J connectivity index is 0.000000276.